The first-order valence-corrected chi connectivity index (χ1v) is 11.2. The van der Waals surface area contributed by atoms with Crippen molar-refractivity contribution in [3.63, 3.8) is 0 Å². The van der Waals surface area contributed by atoms with Gasteiger partial charge in [0.15, 0.2) is 17.2 Å². The molecule has 0 fully saturated rings. The molecule has 0 aliphatic rings. The fraction of sp³-hybridized carbons (Fsp3) is 0.190. The van der Waals surface area contributed by atoms with Crippen LogP contribution < -0.4 is 19.2 Å². The molecule has 0 N–H and O–H groups in total. The molecule has 0 spiro atoms. The number of hydrogen-bond acceptors (Lipinski definition) is 9. The van der Waals surface area contributed by atoms with Crippen molar-refractivity contribution in [3.8, 4) is 22.9 Å². The van der Waals surface area contributed by atoms with Gasteiger partial charge in [-0.15, -0.1) is 0 Å². The predicted molar refractivity (Wildman–Crippen MR) is 118 cm³/mol. The van der Waals surface area contributed by atoms with E-state index in [1.165, 1.54) is 44.6 Å². The Morgan fingerprint density at radius 2 is 1.73 bits per heavy atom. The summed E-state index contributed by atoms with van der Waals surface area (Å²) in [5.74, 6) is -1.15. The van der Waals surface area contributed by atoms with E-state index in [-0.39, 0.29) is 28.0 Å². The van der Waals surface area contributed by atoms with Crippen LogP contribution in [0.25, 0.3) is 5.69 Å². The van der Waals surface area contributed by atoms with Crippen LogP contribution in [0.1, 0.15) is 17.4 Å². The number of carbonyl (C=O) groups excluding carboxylic acids is 1. The Bertz CT molecular complexity index is 1350. The third-order valence-electron chi connectivity index (χ3n) is 4.29. The zero-order valence-corrected chi connectivity index (χ0v) is 19.3. The lowest BCUT2D eigenvalue weighted by Gasteiger charge is -2.14. The van der Waals surface area contributed by atoms with Crippen LogP contribution in [0, 0.1) is 0 Å². The Hall–Kier alpha value is -3.57. The van der Waals surface area contributed by atoms with Gasteiger partial charge in [0.05, 0.1) is 37.6 Å². The first kappa shape index (κ1) is 24.1. The lowest BCUT2D eigenvalue weighted by Crippen LogP contribution is -2.26. The van der Waals surface area contributed by atoms with Crippen LogP contribution in [0.4, 0.5) is 0 Å². The molecule has 0 aliphatic carbocycles. The summed E-state index contributed by atoms with van der Waals surface area (Å²) in [6.07, 6.45) is 0. The number of nitrogens with zero attached hydrogens (tertiary/aromatic N) is 2. The van der Waals surface area contributed by atoms with Crippen molar-refractivity contribution in [2.24, 2.45) is 0 Å². The number of rotatable bonds is 8. The largest absolute Gasteiger partial charge is 0.493 e. The zero-order chi connectivity index (χ0) is 24.2. The standard InChI is InChI=1S/C21H19ClN2O8S/c1-4-31-21(26)20-18(12-19(25)24(23-20)15-8-6-5-7-14(15)22)32-33(27,28)13-9-10-16(29-2)17(11-13)30-3/h5-12H,4H2,1-3H3. The molecule has 2 aromatic carbocycles. The van der Waals surface area contributed by atoms with E-state index in [9.17, 15) is 18.0 Å². The van der Waals surface area contributed by atoms with Crippen LogP contribution in [0.3, 0.4) is 0 Å². The van der Waals surface area contributed by atoms with Gasteiger partial charge in [-0.3, -0.25) is 4.79 Å². The molecule has 0 unspecified atom stereocenters. The second kappa shape index (κ2) is 9.92. The topological polar surface area (TPSA) is 123 Å². The van der Waals surface area contributed by atoms with E-state index in [0.717, 1.165) is 10.7 Å². The van der Waals surface area contributed by atoms with Crippen molar-refractivity contribution in [2.75, 3.05) is 20.8 Å². The predicted octanol–water partition coefficient (Wildman–Crippen LogP) is 2.85. The van der Waals surface area contributed by atoms with Gasteiger partial charge in [-0.25, -0.2) is 4.79 Å². The Morgan fingerprint density at radius 1 is 1.03 bits per heavy atom. The van der Waals surface area contributed by atoms with Crippen LogP contribution in [-0.4, -0.2) is 45.0 Å². The first-order chi connectivity index (χ1) is 15.7. The van der Waals surface area contributed by atoms with Crippen LogP contribution in [0.2, 0.25) is 5.02 Å². The van der Waals surface area contributed by atoms with Gasteiger partial charge in [0.1, 0.15) is 4.90 Å². The molecular formula is C21H19ClN2O8S. The number of benzene rings is 2. The molecule has 0 saturated heterocycles. The average Bonchev–Trinajstić information content (AvgIpc) is 2.79. The highest BCUT2D eigenvalue weighted by Crippen LogP contribution is 2.31. The normalized spacial score (nSPS) is 11.0. The molecule has 0 radical (unpaired) electrons. The summed E-state index contributed by atoms with van der Waals surface area (Å²) in [5, 5.41) is 4.16. The Balaban J connectivity index is 2.12. The maximum absolute atomic E-state index is 12.9. The second-order valence-corrected chi connectivity index (χ2v) is 8.29. The number of aromatic nitrogens is 2. The maximum Gasteiger partial charge on any atom is 0.362 e. The van der Waals surface area contributed by atoms with Gasteiger partial charge in [-0.1, -0.05) is 23.7 Å². The van der Waals surface area contributed by atoms with Crippen LogP contribution in [0.5, 0.6) is 17.2 Å². The van der Waals surface area contributed by atoms with Gasteiger partial charge >= 0.3 is 16.1 Å². The van der Waals surface area contributed by atoms with Gasteiger partial charge in [0.25, 0.3) is 5.56 Å². The second-order valence-electron chi connectivity index (χ2n) is 6.33. The smallest absolute Gasteiger partial charge is 0.362 e. The number of para-hydroxylation sites is 1. The summed E-state index contributed by atoms with van der Waals surface area (Å²) in [4.78, 5) is 24.9. The molecule has 174 valence electrons. The molecule has 3 rings (SSSR count). The van der Waals surface area contributed by atoms with Crippen molar-refractivity contribution in [3.05, 3.63) is 69.6 Å². The summed E-state index contributed by atoms with van der Waals surface area (Å²) in [7, 11) is -1.77. The molecule has 33 heavy (non-hydrogen) atoms. The number of hydrogen-bond donors (Lipinski definition) is 0. The molecule has 0 aliphatic heterocycles. The molecular weight excluding hydrogens is 476 g/mol. The fourth-order valence-corrected chi connectivity index (χ4v) is 3.94. The van der Waals surface area contributed by atoms with Gasteiger partial charge in [-0.2, -0.15) is 18.2 Å². The highest BCUT2D eigenvalue weighted by molar-refractivity contribution is 7.87. The fourth-order valence-electron chi connectivity index (χ4n) is 2.78. The van der Waals surface area contributed by atoms with E-state index in [1.807, 2.05) is 0 Å². The number of methoxy groups -OCH3 is 2. The van der Waals surface area contributed by atoms with Gasteiger partial charge < -0.3 is 18.4 Å². The zero-order valence-electron chi connectivity index (χ0n) is 17.8. The van der Waals surface area contributed by atoms with E-state index in [0.29, 0.717) is 5.75 Å². The molecule has 12 heteroatoms. The Labute approximate surface area is 194 Å². The van der Waals surface area contributed by atoms with E-state index in [4.69, 9.17) is 30.0 Å². The van der Waals surface area contributed by atoms with Crippen molar-refractivity contribution in [2.45, 2.75) is 11.8 Å². The lowest BCUT2D eigenvalue weighted by molar-refractivity contribution is 0.0515. The van der Waals surface area contributed by atoms with Crippen molar-refractivity contribution in [1.29, 1.82) is 0 Å². The minimum absolute atomic E-state index is 0.0202. The molecule has 0 saturated carbocycles. The monoisotopic (exact) mass is 494 g/mol. The van der Waals surface area contributed by atoms with E-state index in [1.54, 1.807) is 19.1 Å². The molecule has 1 aromatic heterocycles. The Kier molecular flexibility index (Phi) is 7.24. The molecule has 10 nitrogen and oxygen atoms in total. The number of carbonyl (C=O) groups is 1. The van der Waals surface area contributed by atoms with Gasteiger partial charge in [0, 0.05) is 6.07 Å². The van der Waals surface area contributed by atoms with Crippen molar-refractivity contribution >= 4 is 27.7 Å². The molecule has 0 bridgehead atoms. The van der Waals surface area contributed by atoms with E-state index in [2.05, 4.69) is 5.10 Å². The third-order valence-corrected chi connectivity index (χ3v) is 5.84. The summed E-state index contributed by atoms with van der Waals surface area (Å²) in [5.41, 5.74) is -1.13. The SMILES string of the molecule is CCOC(=O)c1nn(-c2ccccc2Cl)c(=O)cc1OS(=O)(=O)c1ccc(OC)c(OC)c1. The summed E-state index contributed by atoms with van der Waals surface area (Å²) in [6, 6.07) is 10.9. The molecule has 0 atom stereocenters. The number of halogens is 1. The third kappa shape index (κ3) is 5.10. The van der Waals surface area contributed by atoms with Crippen LogP contribution in [0.15, 0.2) is 58.2 Å². The highest BCUT2D eigenvalue weighted by atomic mass is 35.5. The molecule has 1 heterocycles. The van der Waals surface area contributed by atoms with E-state index < -0.39 is 33.1 Å². The Morgan fingerprint density at radius 3 is 2.36 bits per heavy atom. The number of ether oxygens (including phenoxy) is 3. The summed E-state index contributed by atoms with van der Waals surface area (Å²) >= 11 is 6.14. The molecule has 0 amide bonds. The maximum atomic E-state index is 12.9. The van der Waals surface area contributed by atoms with Crippen molar-refractivity contribution < 1.29 is 31.6 Å². The summed E-state index contributed by atoms with van der Waals surface area (Å²) < 4.78 is 46.9. The molecule has 3 aromatic rings. The van der Waals surface area contributed by atoms with Crippen LogP contribution in [-0.2, 0) is 14.9 Å². The van der Waals surface area contributed by atoms with E-state index >= 15 is 0 Å². The minimum atomic E-state index is -4.50. The number of esters is 1. The minimum Gasteiger partial charge on any atom is -0.493 e. The first-order valence-electron chi connectivity index (χ1n) is 9.44. The van der Waals surface area contributed by atoms with Gasteiger partial charge in [-0.05, 0) is 31.2 Å². The quantitative estimate of drug-likeness (QED) is 0.343. The van der Waals surface area contributed by atoms with Crippen LogP contribution >= 0.6 is 11.6 Å². The lowest BCUT2D eigenvalue weighted by atomic mass is 10.3. The highest BCUT2D eigenvalue weighted by Gasteiger charge is 2.26. The summed E-state index contributed by atoms with van der Waals surface area (Å²) in [6.45, 7) is 1.54. The van der Waals surface area contributed by atoms with Crippen molar-refractivity contribution in [1.82, 2.24) is 9.78 Å². The average molecular weight is 495 g/mol. The van der Waals surface area contributed by atoms with Gasteiger partial charge in [0.2, 0.25) is 5.69 Å².